The monoisotopic (exact) mass is 396 g/mol. The molecule has 152 valence electrons. The van der Waals surface area contributed by atoms with Gasteiger partial charge < -0.3 is 10.4 Å². The lowest BCUT2D eigenvalue weighted by Crippen LogP contribution is -2.48. The van der Waals surface area contributed by atoms with Crippen molar-refractivity contribution in [3.8, 4) is 0 Å². The first kappa shape index (κ1) is 19.8. The van der Waals surface area contributed by atoms with Crippen LogP contribution in [0.15, 0.2) is 54.7 Å². The number of nitrogens with one attached hydrogen (secondary N) is 1. The fourth-order valence-corrected chi connectivity index (χ4v) is 4.11. The first-order valence-electron chi connectivity index (χ1n) is 10.1. The lowest BCUT2D eigenvalue weighted by atomic mass is 9.82. The smallest absolute Gasteiger partial charge is 0.141 e. The molecule has 29 heavy (non-hydrogen) atoms. The molecule has 2 aromatic carbocycles. The fraction of sp³-hybridized carbons (Fsp3) is 0.375. The summed E-state index contributed by atoms with van der Waals surface area (Å²) in [6.45, 7) is 3.99. The van der Waals surface area contributed by atoms with Crippen LogP contribution in [0, 0.1) is 12.7 Å². The van der Waals surface area contributed by atoms with E-state index < -0.39 is 11.3 Å². The van der Waals surface area contributed by atoms with Crippen molar-refractivity contribution in [3.63, 3.8) is 0 Å². The molecule has 0 bridgehead atoms. The molecule has 1 saturated carbocycles. The highest BCUT2D eigenvalue weighted by molar-refractivity contribution is 5.92. The summed E-state index contributed by atoms with van der Waals surface area (Å²) in [6.07, 6.45) is 2.76. The Balaban J connectivity index is 1.58. The highest BCUT2D eigenvalue weighted by Gasteiger charge is 2.60. The molecule has 1 aliphatic carbocycles. The second-order valence-electron chi connectivity index (χ2n) is 8.34. The number of pyridine rings is 1. The van der Waals surface area contributed by atoms with Gasteiger partial charge in [-0.25, -0.2) is 8.78 Å². The third-order valence-corrected chi connectivity index (χ3v) is 6.13. The average Bonchev–Trinajstić information content (AvgIpc) is 3.47. The summed E-state index contributed by atoms with van der Waals surface area (Å²) in [4.78, 5) is 4.43. The molecule has 1 fully saturated rings. The van der Waals surface area contributed by atoms with E-state index in [1.165, 1.54) is 12.1 Å². The summed E-state index contributed by atoms with van der Waals surface area (Å²) < 4.78 is 28.5. The first-order chi connectivity index (χ1) is 13.8. The Bertz CT molecular complexity index is 1020. The van der Waals surface area contributed by atoms with Gasteiger partial charge in [0.2, 0.25) is 0 Å². The Morgan fingerprint density at radius 2 is 1.86 bits per heavy atom. The van der Waals surface area contributed by atoms with Crippen LogP contribution >= 0.6 is 0 Å². The van der Waals surface area contributed by atoms with Gasteiger partial charge in [0.15, 0.2) is 0 Å². The minimum absolute atomic E-state index is 0.101. The number of para-hydroxylation sites is 1. The number of aryl methyl sites for hydroxylation is 1. The number of nitrogens with zero attached hydrogens (tertiary/aromatic N) is 1. The van der Waals surface area contributed by atoms with Crippen LogP contribution < -0.4 is 5.32 Å². The molecule has 1 aromatic heterocycles. The maximum absolute atomic E-state index is 15.2. The maximum atomic E-state index is 15.2. The van der Waals surface area contributed by atoms with Crippen molar-refractivity contribution >= 4 is 16.6 Å². The van der Waals surface area contributed by atoms with E-state index in [2.05, 4.69) is 10.3 Å². The van der Waals surface area contributed by atoms with Crippen LogP contribution in [0.25, 0.3) is 10.9 Å². The van der Waals surface area contributed by atoms with E-state index in [0.29, 0.717) is 12.8 Å². The van der Waals surface area contributed by atoms with E-state index in [4.69, 9.17) is 0 Å². The lowest BCUT2D eigenvalue weighted by molar-refractivity contribution is -0.0497. The summed E-state index contributed by atoms with van der Waals surface area (Å²) >= 11 is 0. The summed E-state index contributed by atoms with van der Waals surface area (Å²) in [6, 6.07) is 14.0. The molecule has 3 aromatic rings. The van der Waals surface area contributed by atoms with Crippen LogP contribution in [-0.2, 0) is 0 Å². The van der Waals surface area contributed by atoms with Gasteiger partial charge in [-0.2, -0.15) is 0 Å². The zero-order valence-electron chi connectivity index (χ0n) is 16.8. The van der Waals surface area contributed by atoms with Crippen LogP contribution in [0.3, 0.4) is 0 Å². The van der Waals surface area contributed by atoms with Crippen LogP contribution in [0.5, 0.6) is 0 Å². The molecule has 2 atom stereocenters. The van der Waals surface area contributed by atoms with Crippen molar-refractivity contribution in [1.82, 2.24) is 4.98 Å². The van der Waals surface area contributed by atoms with Gasteiger partial charge in [-0.3, -0.25) is 4.98 Å². The normalized spacial score (nSPS) is 18.2. The Kier molecular flexibility index (Phi) is 5.03. The second kappa shape index (κ2) is 7.38. The summed E-state index contributed by atoms with van der Waals surface area (Å²) in [5, 5.41) is 15.7. The Morgan fingerprint density at radius 1 is 1.17 bits per heavy atom. The van der Waals surface area contributed by atoms with Gasteiger partial charge in [0.1, 0.15) is 17.1 Å². The van der Waals surface area contributed by atoms with E-state index in [1.54, 1.807) is 18.3 Å². The van der Waals surface area contributed by atoms with Crippen molar-refractivity contribution < 1.29 is 13.9 Å². The summed E-state index contributed by atoms with van der Waals surface area (Å²) in [7, 11) is 0. The lowest BCUT2D eigenvalue weighted by Gasteiger charge is -2.35. The van der Waals surface area contributed by atoms with Gasteiger partial charge in [0, 0.05) is 23.8 Å². The predicted molar refractivity (Wildman–Crippen MR) is 112 cm³/mol. The topological polar surface area (TPSA) is 45.2 Å². The Hall–Kier alpha value is -2.53. The quantitative estimate of drug-likeness (QED) is 0.553. The van der Waals surface area contributed by atoms with Gasteiger partial charge in [-0.1, -0.05) is 37.3 Å². The van der Waals surface area contributed by atoms with Gasteiger partial charge in [-0.15, -0.1) is 0 Å². The number of rotatable bonds is 7. The molecular formula is C24H26F2N2O. The molecule has 0 amide bonds. The molecular weight excluding hydrogens is 370 g/mol. The maximum Gasteiger partial charge on any atom is 0.141 e. The molecule has 1 aliphatic rings. The van der Waals surface area contributed by atoms with Gasteiger partial charge in [-0.05, 0) is 61.4 Å². The van der Waals surface area contributed by atoms with E-state index >= 15 is 4.39 Å². The van der Waals surface area contributed by atoms with Gasteiger partial charge in [0.05, 0.1) is 5.52 Å². The molecule has 5 heteroatoms. The van der Waals surface area contributed by atoms with Crippen LogP contribution in [0.1, 0.15) is 43.2 Å². The molecule has 2 unspecified atom stereocenters. The van der Waals surface area contributed by atoms with Crippen molar-refractivity contribution in [2.75, 3.05) is 11.9 Å². The van der Waals surface area contributed by atoms with E-state index in [9.17, 15) is 9.50 Å². The summed E-state index contributed by atoms with van der Waals surface area (Å²) in [5.74, 6) is -0.409. The Labute approximate surface area is 169 Å². The molecule has 0 radical (unpaired) electrons. The van der Waals surface area contributed by atoms with Crippen LogP contribution in [0.4, 0.5) is 14.5 Å². The third-order valence-electron chi connectivity index (χ3n) is 6.13. The number of aliphatic hydroxyl groups is 1. The average molecular weight is 396 g/mol. The number of benzene rings is 2. The van der Waals surface area contributed by atoms with Crippen molar-refractivity contribution in [2.45, 2.75) is 50.3 Å². The summed E-state index contributed by atoms with van der Waals surface area (Å²) in [5.41, 5.74) is 0.446. The number of hydrogen-bond donors (Lipinski definition) is 2. The van der Waals surface area contributed by atoms with Crippen molar-refractivity contribution in [1.29, 1.82) is 0 Å². The predicted octanol–water partition coefficient (Wildman–Crippen LogP) is 5.52. The van der Waals surface area contributed by atoms with Crippen LogP contribution in [0.2, 0.25) is 0 Å². The fourth-order valence-electron chi connectivity index (χ4n) is 4.11. The third kappa shape index (κ3) is 3.84. The first-order valence-corrected chi connectivity index (χ1v) is 10.1. The number of hydrogen-bond acceptors (Lipinski definition) is 3. The van der Waals surface area contributed by atoms with Crippen molar-refractivity contribution in [2.24, 2.45) is 0 Å². The minimum atomic E-state index is -1.59. The highest BCUT2D eigenvalue weighted by atomic mass is 19.1. The molecule has 0 aliphatic heterocycles. The second-order valence-corrected chi connectivity index (χ2v) is 8.34. The Morgan fingerprint density at radius 3 is 2.55 bits per heavy atom. The number of anilines is 1. The van der Waals surface area contributed by atoms with E-state index in [-0.39, 0.29) is 24.7 Å². The zero-order chi connectivity index (χ0) is 20.6. The largest absolute Gasteiger partial charge is 0.385 e. The number of halogens is 2. The molecule has 3 nitrogen and oxygen atoms in total. The SMILES string of the molecule is Cc1cnc2ccccc2c1NCC(O)(CC(C)c1ccc(F)cc1)C1(F)CC1. The van der Waals surface area contributed by atoms with E-state index in [0.717, 1.165) is 27.7 Å². The number of aromatic nitrogens is 1. The van der Waals surface area contributed by atoms with Crippen LogP contribution in [-0.4, -0.2) is 27.9 Å². The number of alkyl halides is 1. The van der Waals surface area contributed by atoms with Crippen molar-refractivity contribution in [3.05, 3.63) is 71.7 Å². The minimum Gasteiger partial charge on any atom is -0.385 e. The molecule has 4 rings (SSSR count). The molecule has 1 heterocycles. The zero-order valence-corrected chi connectivity index (χ0v) is 16.8. The molecule has 0 saturated heterocycles. The van der Waals surface area contributed by atoms with E-state index in [1.807, 2.05) is 38.1 Å². The number of fused-ring (bicyclic) bond motifs is 1. The van der Waals surface area contributed by atoms with Gasteiger partial charge >= 0.3 is 0 Å². The molecule has 2 N–H and O–H groups in total. The van der Waals surface area contributed by atoms with Gasteiger partial charge in [0.25, 0.3) is 0 Å². The standard InChI is InChI=1S/C24H26F2N2O/c1-16(18-7-9-19(25)10-8-18)13-24(29,23(26)11-12-23)15-28-22-17(2)14-27-21-6-4-3-5-20(21)22/h3-10,14,16,29H,11-13,15H2,1-2H3,(H,27,28). The molecule has 0 spiro atoms. The highest BCUT2D eigenvalue weighted by Crippen LogP contribution is 2.52.